The van der Waals surface area contributed by atoms with Gasteiger partial charge >= 0.3 is 5.97 Å². The molecule has 174 valence electrons. The smallest absolute Gasteiger partial charge is 0.333 e. The van der Waals surface area contributed by atoms with Crippen LogP contribution in [0.1, 0.15) is 32.6 Å². The highest BCUT2D eigenvalue weighted by Crippen LogP contribution is 2.29. The van der Waals surface area contributed by atoms with Crippen molar-refractivity contribution in [3.63, 3.8) is 0 Å². The van der Waals surface area contributed by atoms with Gasteiger partial charge in [0.25, 0.3) is 0 Å². The summed E-state index contributed by atoms with van der Waals surface area (Å²) in [7, 11) is 0. The Morgan fingerprint density at radius 1 is 0.935 bits per heavy atom. The minimum Gasteiger partial charge on any atom is -0.491 e. The third kappa shape index (κ3) is 10.8. The van der Waals surface area contributed by atoms with Gasteiger partial charge in [-0.25, -0.2) is 4.79 Å². The first-order valence-corrected chi connectivity index (χ1v) is 11.0. The highest BCUT2D eigenvalue weighted by atomic mass is 16.5. The number of benzene rings is 1. The first-order chi connectivity index (χ1) is 14.9. The fourth-order valence-electron chi connectivity index (χ4n) is 3.41. The van der Waals surface area contributed by atoms with Crippen LogP contribution in [-0.4, -0.2) is 68.0 Å². The molecule has 0 bridgehead atoms. The van der Waals surface area contributed by atoms with Crippen LogP contribution >= 0.6 is 0 Å². The van der Waals surface area contributed by atoms with Crippen molar-refractivity contribution in [1.82, 2.24) is 0 Å². The van der Waals surface area contributed by atoms with Crippen molar-refractivity contribution in [3.05, 3.63) is 42.5 Å². The summed E-state index contributed by atoms with van der Waals surface area (Å²) in [6.45, 7) is 6.84. The SMILES string of the molecule is C=C(C)C(=O)OCC(O)COCC1CCC(COCC(O)COc2ccccc2)CC1. The van der Waals surface area contributed by atoms with E-state index in [9.17, 15) is 15.0 Å². The molecule has 31 heavy (non-hydrogen) atoms. The Bertz CT molecular complexity index is 641. The highest BCUT2D eigenvalue weighted by molar-refractivity contribution is 5.86. The summed E-state index contributed by atoms with van der Waals surface area (Å²) in [4.78, 5) is 11.3. The normalized spacial score (nSPS) is 20.6. The van der Waals surface area contributed by atoms with Crippen LogP contribution in [-0.2, 0) is 19.0 Å². The molecule has 2 rings (SSSR count). The maximum Gasteiger partial charge on any atom is 0.333 e. The first-order valence-electron chi connectivity index (χ1n) is 11.0. The average Bonchev–Trinajstić information content (AvgIpc) is 2.77. The quantitative estimate of drug-likeness (QED) is 0.342. The predicted octanol–water partition coefficient (Wildman–Crippen LogP) is 2.75. The van der Waals surface area contributed by atoms with Gasteiger partial charge in [0.15, 0.2) is 0 Å². The highest BCUT2D eigenvalue weighted by Gasteiger charge is 2.22. The molecule has 2 atom stereocenters. The van der Waals surface area contributed by atoms with Gasteiger partial charge in [-0.05, 0) is 56.6 Å². The van der Waals surface area contributed by atoms with Crippen molar-refractivity contribution < 1.29 is 34.0 Å². The minimum absolute atomic E-state index is 0.0853. The van der Waals surface area contributed by atoms with E-state index in [4.69, 9.17) is 18.9 Å². The van der Waals surface area contributed by atoms with Crippen LogP contribution in [0.4, 0.5) is 0 Å². The van der Waals surface area contributed by atoms with E-state index in [1.54, 1.807) is 6.92 Å². The number of hydrogen-bond acceptors (Lipinski definition) is 7. The Morgan fingerprint density at radius 3 is 1.97 bits per heavy atom. The molecule has 0 saturated heterocycles. The number of hydrogen-bond donors (Lipinski definition) is 2. The lowest BCUT2D eigenvalue weighted by molar-refractivity contribution is -0.143. The lowest BCUT2D eigenvalue weighted by atomic mass is 9.83. The van der Waals surface area contributed by atoms with E-state index in [0.29, 0.717) is 30.6 Å². The third-order valence-corrected chi connectivity index (χ3v) is 5.23. The molecule has 1 fully saturated rings. The molecule has 7 nitrogen and oxygen atoms in total. The molecule has 1 aliphatic carbocycles. The van der Waals surface area contributed by atoms with E-state index in [0.717, 1.165) is 31.4 Å². The fourth-order valence-corrected chi connectivity index (χ4v) is 3.41. The van der Waals surface area contributed by atoms with E-state index >= 15 is 0 Å². The lowest BCUT2D eigenvalue weighted by Gasteiger charge is -2.28. The number of aliphatic hydroxyl groups excluding tert-OH is 2. The van der Waals surface area contributed by atoms with Crippen molar-refractivity contribution >= 4 is 5.97 Å². The molecule has 1 saturated carbocycles. The van der Waals surface area contributed by atoms with Crippen LogP contribution in [0.15, 0.2) is 42.5 Å². The van der Waals surface area contributed by atoms with Crippen molar-refractivity contribution in [2.75, 3.05) is 39.6 Å². The van der Waals surface area contributed by atoms with Crippen molar-refractivity contribution in [3.8, 4) is 5.75 Å². The van der Waals surface area contributed by atoms with E-state index in [1.165, 1.54) is 0 Å². The maximum absolute atomic E-state index is 11.3. The first kappa shape index (κ1) is 25.3. The third-order valence-electron chi connectivity index (χ3n) is 5.23. The Morgan fingerprint density at radius 2 is 1.45 bits per heavy atom. The summed E-state index contributed by atoms with van der Waals surface area (Å²) in [6.07, 6.45) is 2.74. The minimum atomic E-state index is -0.828. The molecule has 0 spiro atoms. The summed E-state index contributed by atoms with van der Waals surface area (Å²) >= 11 is 0. The fraction of sp³-hybridized carbons (Fsp3) is 0.625. The molecule has 0 aliphatic heterocycles. The van der Waals surface area contributed by atoms with E-state index in [-0.39, 0.29) is 26.4 Å². The molecule has 0 amide bonds. The van der Waals surface area contributed by atoms with Gasteiger partial charge in [-0.15, -0.1) is 0 Å². The second-order valence-electron chi connectivity index (χ2n) is 8.27. The molecular formula is C24H36O7. The molecule has 2 N–H and O–H groups in total. The zero-order valence-electron chi connectivity index (χ0n) is 18.4. The van der Waals surface area contributed by atoms with Crippen LogP contribution in [0.5, 0.6) is 5.75 Å². The molecule has 0 radical (unpaired) electrons. The van der Waals surface area contributed by atoms with Gasteiger partial charge in [0.2, 0.25) is 0 Å². The Labute approximate surface area is 185 Å². The van der Waals surface area contributed by atoms with E-state index < -0.39 is 18.2 Å². The Balaban J connectivity index is 1.47. The molecule has 7 heteroatoms. The van der Waals surface area contributed by atoms with Crippen LogP contribution in [0.3, 0.4) is 0 Å². The van der Waals surface area contributed by atoms with E-state index in [2.05, 4.69) is 6.58 Å². The lowest BCUT2D eigenvalue weighted by Crippen LogP contribution is -2.28. The molecular weight excluding hydrogens is 400 g/mol. The second kappa shape index (κ2) is 14.2. The Kier molecular flexibility index (Phi) is 11.6. The second-order valence-corrected chi connectivity index (χ2v) is 8.27. The van der Waals surface area contributed by atoms with Gasteiger partial charge in [-0.3, -0.25) is 0 Å². The van der Waals surface area contributed by atoms with Gasteiger partial charge < -0.3 is 29.2 Å². The molecule has 1 aromatic rings. The monoisotopic (exact) mass is 436 g/mol. The Hall–Kier alpha value is -1.93. The summed E-state index contributed by atoms with van der Waals surface area (Å²) in [5.74, 6) is 1.19. The predicted molar refractivity (Wildman–Crippen MR) is 117 cm³/mol. The molecule has 0 heterocycles. The van der Waals surface area contributed by atoms with Crippen LogP contribution < -0.4 is 4.74 Å². The van der Waals surface area contributed by atoms with Gasteiger partial charge in [0.1, 0.15) is 31.2 Å². The largest absolute Gasteiger partial charge is 0.491 e. The summed E-state index contributed by atoms with van der Waals surface area (Å²) in [6, 6.07) is 9.41. The standard InChI is InChI=1S/C24H36O7/c1-18(2)24(27)31-17-22(26)15-29-13-20-10-8-19(9-11-20)12-28-14-21(25)16-30-23-6-4-3-5-7-23/h3-7,19-22,25-26H,1,8-17H2,2H3. The average molecular weight is 437 g/mol. The maximum atomic E-state index is 11.3. The zero-order valence-corrected chi connectivity index (χ0v) is 18.4. The summed E-state index contributed by atoms with van der Waals surface area (Å²) < 4.78 is 21.7. The number of carbonyl (C=O) groups excluding carboxylic acids is 1. The summed E-state index contributed by atoms with van der Waals surface area (Å²) in [5.41, 5.74) is 0.309. The van der Waals surface area contributed by atoms with Gasteiger partial charge in [0.05, 0.1) is 13.2 Å². The summed E-state index contributed by atoms with van der Waals surface area (Å²) in [5, 5.41) is 19.8. The number of carbonyl (C=O) groups is 1. The van der Waals surface area contributed by atoms with Crippen molar-refractivity contribution in [2.24, 2.45) is 11.8 Å². The molecule has 2 unspecified atom stereocenters. The number of esters is 1. The number of rotatable bonds is 14. The van der Waals surface area contributed by atoms with Crippen LogP contribution in [0.2, 0.25) is 0 Å². The number of aliphatic hydroxyl groups is 2. The van der Waals surface area contributed by atoms with Gasteiger partial charge in [-0.1, -0.05) is 24.8 Å². The van der Waals surface area contributed by atoms with Crippen LogP contribution in [0.25, 0.3) is 0 Å². The topological polar surface area (TPSA) is 94.5 Å². The molecule has 1 aromatic carbocycles. The number of para-hydroxylation sites is 1. The van der Waals surface area contributed by atoms with Crippen molar-refractivity contribution in [2.45, 2.75) is 44.8 Å². The van der Waals surface area contributed by atoms with Crippen molar-refractivity contribution in [1.29, 1.82) is 0 Å². The van der Waals surface area contributed by atoms with Gasteiger partial charge in [0, 0.05) is 18.8 Å². The zero-order chi connectivity index (χ0) is 22.5. The molecule has 1 aliphatic rings. The molecule has 0 aromatic heterocycles. The number of ether oxygens (including phenoxy) is 4. The van der Waals surface area contributed by atoms with E-state index in [1.807, 2.05) is 30.3 Å². The van der Waals surface area contributed by atoms with Gasteiger partial charge in [-0.2, -0.15) is 0 Å². The van der Waals surface area contributed by atoms with Crippen LogP contribution in [0, 0.1) is 11.8 Å².